The highest BCUT2D eigenvalue weighted by Crippen LogP contribution is 2.24. The fraction of sp³-hybridized carbons (Fsp3) is 0.133. The van der Waals surface area contributed by atoms with Gasteiger partial charge in [-0.05, 0) is 47.2 Å². The number of para-hydroxylation sites is 2. The van der Waals surface area contributed by atoms with Gasteiger partial charge in [0.1, 0.15) is 12.1 Å². The van der Waals surface area contributed by atoms with Crippen LogP contribution in [0.3, 0.4) is 0 Å². The molecule has 1 aromatic heterocycles. The van der Waals surface area contributed by atoms with E-state index in [2.05, 4.69) is 20.8 Å². The molecule has 1 N–H and O–H groups in total. The molecule has 3 aromatic rings. The van der Waals surface area contributed by atoms with Gasteiger partial charge in [0.2, 0.25) is 0 Å². The highest BCUT2D eigenvalue weighted by molar-refractivity contribution is 5.61. The van der Waals surface area contributed by atoms with Crippen LogP contribution in [0.25, 0.3) is 5.69 Å². The lowest BCUT2D eigenvalue weighted by Gasteiger charge is -2.18. The quantitative estimate of drug-likeness (QED) is 0.799. The van der Waals surface area contributed by atoms with Crippen molar-refractivity contribution in [2.24, 2.45) is 0 Å². The summed E-state index contributed by atoms with van der Waals surface area (Å²) in [7, 11) is 0. The van der Waals surface area contributed by atoms with Crippen molar-refractivity contribution in [3.8, 4) is 5.69 Å². The van der Waals surface area contributed by atoms with E-state index in [1.54, 1.807) is 23.1 Å². The van der Waals surface area contributed by atoms with E-state index in [-0.39, 0.29) is 11.9 Å². The van der Waals surface area contributed by atoms with Gasteiger partial charge in [-0.25, -0.2) is 4.39 Å². The molecule has 0 aliphatic carbocycles. The summed E-state index contributed by atoms with van der Waals surface area (Å²) >= 11 is 0. The Kier molecular flexibility index (Phi) is 3.59. The Morgan fingerprint density at radius 1 is 1.10 bits per heavy atom. The molecule has 3 rings (SSSR count). The van der Waals surface area contributed by atoms with Crippen LogP contribution in [0.15, 0.2) is 54.9 Å². The van der Waals surface area contributed by atoms with Gasteiger partial charge < -0.3 is 5.32 Å². The average molecular weight is 283 g/mol. The minimum Gasteiger partial charge on any atom is -0.377 e. The number of hydrogen-bond acceptors (Lipinski definition) is 4. The number of benzene rings is 2. The minimum atomic E-state index is -0.236. The van der Waals surface area contributed by atoms with Crippen LogP contribution in [-0.2, 0) is 0 Å². The zero-order valence-electron chi connectivity index (χ0n) is 11.4. The van der Waals surface area contributed by atoms with Crippen LogP contribution in [0, 0.1) is 5.82 Å². The number of nitrogens with zero attached hydrogens (tertiary/aromatic N) is 4. The fourth-order valence-electron chi connectivity index (χ4n) is 2.14. The minimum absolute atomic E-state index is 0.0308. The molecule has 0 aliphatic rings. The lowest BCUT2D eigenvalue weighted by Crippen LogP contribution is -2.09. The van der Waals surface area contributed by atoms with E-state index in [9.17, 15) is 4.39 Å². The first-order valence-corrected chi connectivity index (χ1v) is 6.58. The Morgan fingerprint density at radius 3 is 2.57 bits per heavy atom. The number of halogens is 1. The summed E-state index contributed by atoms with van der Waals surface area (Å²) in [6.07, 6.45) is 1.54. The molecule has 6 heteroatoms. The molecule has 0 radical (unpaired) electrons. The second-order valence-electron chi connectivity index (χ2n) is 4.69. The molecule has 106 valence electrons. The molecular formula is C15H14FN5. The van der Waals surface area contributed by atoms with Gasteiger partial charge in [0.25, 0.3) is 0 Å². The molecule has 1 heterocycles. The third kappa shape index (κ3) is 2.89. The van der Waals surface area contributed by atoms with E-state index in [4.69, 9.17) is 0 Å². The van der Waals surface area contributed by atoms with E-state index >= 15 is 0 Å². The van der Waals surface area contributed by atoms with E-state index in [0.29, 0.717) is 0 Å². The highest BCUT2D eigenvalue weighted by atomic mass is 19.1. The van der Waals surface area contributed by atoms with Gasteiger partial charge in [-0.2, -0.15) is 4.68 Å². The zero-order valence-corrected chi connectivity index (χ0v) is 11.4. The first kappa shape index (κ1) is 13.2. The van der Waals surface area contributed by atoms with Crippen molar-refractivity contribution in [2.75, 3.05) is 5.32 Å². The van der Waals surface area contributed by atoms with Crippen molar-refractivity contribution in [2.45, 2.75) is 13.0 Å². The van der Waals surface area contributed by atoms with Crippen molar-refractivity contribution in [3.05, 3.63) is 66.2 Å². The molecule has 0 saturated carbocycles. The van der Waals surface area contributed by atoms with Crippen LogP contribution in [-0.4, -0.2) is 20.2 Å². The summed E-state index contributed by atoms with van der Waals surface area (Å²) in [6, 6.07) is 14.2. The Morgan fingerprint density at radius 2 is 1.86 bits per heavy atom. The van der Waals surface area contributed by atoms with Gasteiger partial charge in [-0.1, -0.05) is 24.3 Å². The van der Waals surface area contributed by atoms with Crippen molar-refractivity contribution >= 4 is 5.69 Å². The van der Waals surface area contributed by atoms with E-state index < -0.39 is 0 Å². The molecule has 0 spiro atoms. The second-order valence-corrected chi connectivity index (χ2v) is 4.69. The maximum absolute atomic E-state index is 13.0. The van der Waals surface area contributed by atoms with E-state index in [0.717, 1.165) is 16.9 Å². The Labute approximate surface area is 121 Å². The van der Waals surface area contributed by atoms with Gasteiger partial charge in [-0.15, -0.1) is 5.10 Å². The summed E-state index contributed by atoms with van der Waals surface area (Å²) in [5.41, 5.74) is 2.76. The third-order valence-electron chi connectivity index (χ3n) is 3.24. The van der Waals surface area contributed by atoms with Crippen LogP contribution < -0.4 is 5.32 Å². The molecule has 0 bridgehead atoms. The number of anilines is 1. The summed E-state index contributed by atoms with van der Waals surface area (Å²) < 4.78 is 14.6. The molecule has 1 unspecified atom stereocenters. The number of hydrogen-bond donors (Lipinski definition) is 1. The molecule has 0 saturated heterocycles. The number of nitrogens with one attached hydrogen (secondary N) is 1. The average Bonchev–Trinajstić information content (AvgIpc) is 3.02. The van der Waals surface area contributed by atoms with Crippen LogP contribution in [0.1, 0.15) is 18.5 Å². The molecule has 0 fully saturated rings. The molecule has 5 nitrogen and oxygen atoms in total. The Bertz CT molecular complexity index is 709. The topological polar surface area (TPSA) is 55.6 Å². The summed E-state index contributed by atoms with van der Waals surface area (Å²) in [5, 5.41) is 14.6. The largest absolute Gasteiger partial charge is 0.377 e. The van der Waals surface area contributed by atoms with Gasteiger partial charge in [-0.3, -0.25) is 0 Å². The Hall–Kier alpha value is -2.76. The van der Waals surface area contributed by atoms with Crippen LogP contribution in [0.2, 0.25) is 0 Å². The van der Waals surface area contributed by atoms with Crippen molar-refractivity contribution < 1.29 is 4.39 Å². The normalized spacial score (nSPS) is 12.1. The summed E-state index contributed by atoms with van der Waals surface area (Å²) in [4.78, 5) is 0. The maximum Gasteiger partial charge on any atom is 0.143 e. The van der Waals surface area contributed by atoms with E-state index in [1.165, 1.54) is 12.1 Å². The number of aromatic nitrogens is 4. The SMILES string of the molecule is CC(Nc1ccccc1-n1cnnn1)c1ccc(F)cc1. The van der Waals surface area contributed by atoms with Crippen LogP contribution in [0.4, 0.5) is 10.1 Å². The third-order valence-corrected chi connectivity index (χ3v) is 3.24. The zero-order chi connectivity index (χ0) is 14.7. The predicted molar refractivity (Wildman–Crippen MR) is 77.6 cm³/mol. The highest BCUT2D eigenvalue weighted by Gasteiger charge is 2.10. The van der Waals surface area contributed by atoms with Gasteiger partial charge in [0, 0.05) is 6.04 Å². The molecular weight excluding hydrogens is 269 g/mol. The lowest BCUT2D eigenvalue weighted by molar-refractivity contribution is 0.626. The number of rotatable bonds is 4. The van der Waals surface area contributed by atoms with Gasteiger partial charge in [0.15, 0.2) is 0 Å². The first-order valence-electron chi connectivity index (χ1n) is 6.58. The molecule has 0 aliphatic heterocycles. The molecule has 1 atom stereocenters. The second kappa shape index (κ2) is 5.70. The molecule has 21 heavy (non-hydrogen) atoms. The monoisotopic (exact) mass is 283 g/mol. The van der Waals surface area contributed by atoms with Crippen molar-refractivity contribution in [1.29, 1.82) is 0 Å². The fourth-order valence-corrected chi connectivity index (χ4v) is 2.14. The van der Waals surface area contributed by atoms with Gasteiger partial charge in [0.05, 0.1) is 11.4 Å². The lowest BCUT2D eigenvalue weighted by atomic mass is 10.1. The number of tetrazole rings is 1. The van der Waals surface area contributed by atoms with Crippen LogP contribution in [0.5, 0.6) is 0 Å². The van der Waals surface area contributed by atoms with E-state index in [1.807, 2.05) is 31.2 Å². The van der Waals surface area contributed by atoms with Crippen LogP contribution >= 0.6 is 0 Å². The smallest absolute Gasteiger partial charge is 0.143 e. The summed E-state index contributed by atoms with van der Waals surface area (Å²) in [6.45, 7) is 2.02. The summed E-state index contributed by atoms with van der Waals surface area (Å²) in [5.74, 6) is -0.236. The molecule has 2 aromatic carbocycles. The molecule has 0 amide bonds. The predicted octanol–water partition coefficient (Wildman–Crippen LogP) is 2.97. The van der Waals surface area contributed by atoms with Crippen molar-refractivity contribution in [1.82, 2.24) is 20.2 Å². The standard InChI is InChI=1S/C15H14FN5/c1-11(12-6-8-13(16)9-7-12)18-14-4-2-3-5-15(14)21-10-17-19-20-21/h2-11,18H,1H3. The first-order chi connectivity index (χ1) is 10.2. The maximum atomic E-state index is 13.0. The van der Waals surface area contributed by atoms with Crippen molar-refractivity contribution in [3.63, 3.8) is 0 Å². The van der Waals surface area contributed by atoms with Gasteiger partial charge >= 0.3 is 0 Å². The Balaban J connectivity index is 1.86.